The van der Waals surface area contributed by atoms with E-state index in [1.54, 1.807) is 10.9 Å². The average molecular weight is 312 g/mol. The maximum Gasteiger partial charge on any atom is 0.242 e. The smallest absolute Gasteiger partial charge is 0.242 e. The Morgan fingerprint density at radius 1 is 1.13 bits per heavy atom. The fourth-order valence-corrected chi connectivity index (χ4v) is 3.10. The molecule has 23 heavy (non-hydrogen) atoms. The number of hydrogen-bond donors (Lipinski definition) is 1. The fraction of sp³-hybridized carbons (Fsp3) is 0.444. The van der Waals surface area contributed by atoms with E-state index in [0.29, 0.717) is 0 Å². The summed E-state index contributed by atoms with van der Waals surface area (Å²) >= 11 is 0. The third kappa shape index (κ3) is 4.66. The monoisotopic (exact) mass is 312 g/mol. The number of hydrogen-bond acceptors (Lipinski definition) is 3. The van der Waals surface area contributed by atoms with E-state index in [2.05, 4.69) is 27.4 Å². The van der Waals surface area contributed by atoms with Gasteiger partial charge in [0.2, 0.25) is 5.91 Å². The zero-order chi connectivity index (χ0) is 15.9. The van der Waals surface area contributed by atoms with Crippen LogP contribution < -0.4 is 5.32 Å². The van der Waals surface area contributed by atoms with Crippen molar-refractivity contribution in [3.8, 4) is 0 Å². The predicted octanol–water partition coefficient (Wildman–Crippen LogP) is 2.23. The molecule has 1 aliphatic heterocycles. The van der Waals surface area contributed by atoms with E-state index < -0.39 is 0 Å². The van der Waals surface area contributed by atoms with Gasteiger partial charge in [-0.15, -0.1) is 0 Å². The Labute approximate surface area is 137 Å². The minimum atomic E-state index is -0.000405. The Hall–Kier alpha value is -2.14. The summed E-state index contributed by atoms with van der Waals surface area (Å²) < 4.78 is 1.65. The van der Waals surface area contributed by atoms with Crippen LogP contribution in [0.25, 0.3) is 0 Å². The first kappa shape index (κ1) is 15.7. The second kappa shape index (κ2) is 7.92. The van der Waals surface area contributed by atoms with Crippen molar-refractivity contribution >= 4 is 5.91 Å². The minimum Gasteiger partial charge on any atom is -0.346 e. The molecule has 122 valence electrons. The highest BCUT2D eigenvalue weighted by Crippen LogP contribution is 2.17. The molecule has 0 aliphatic carbocycles. The Balaban J connectivity index is 1.65. The molecule has 1 amide bonds. The standard InChI is InChI=1S/C18H24N4O/c23-18(15-22-13-7-10-19-22)20-17(16-8-3-1-4-9-16)14-21-11-5-2-6-12-21/h1,3-4,7-10,13,17H,2,5-6,11-12,14-15H2,(H,20,23)/t17-/m1/s1. The fourth-order valence-electron chi connectivity index (χ4n) is 3.10. The number of amides is 1. The summed E-state index contributed by atoms with van der Waals surface area (Å²) in [6, 6.07) is 12.1. The lowest BCUT2D eigenvalue weighted by atomic mass is 10.0. The number of nitrogens with zero attached hydrogens (tertiary/aromatic N) is 3. The van der Waals surface area contributed by atoms with E-state index in [1.165, 1.54) is 19.3 Å². The molecule has 0 radical (unpaired) electrons. The van der Waals surface area contributed by atoms with E-state index in [1.807, 2.05) is 30.5 Å². The normalized spacial score (nSPS) is 16.9. The molecule has 1 atom stereocenters. The van der Waals surface area contributed by atoms with Crippen molar-refractivity contribution in [1.82, 2.24) is 20.0 Å². The van der Waals surface area contributed by atoms with Gasteiger partial charge in [0.15, 0.2) is 0 Å². The quantitative estimate of drug-likeness (QED) is 0.890. The van der Waals surface area contributed by atoms with E-state index in [9.17, 15) is 4.79 Å². The molecular weight excluding hydrogens is 288 g/mol. The van der Waals surface area contributed by atoms with Gasteiger partial charge in [0, 0.05) is 18.9 Å². The highest BCUT2D eigenvalue weighted by Gasteiger charge is 2.19. The van der Waals surface area contributed by atoms with Gasteiger partial charge in [-0.1, -0.05) is 36.8 Å². The van der Waals surface area contributed by atoms with Gasteiger partial charge in [-0.2, -0.15) is 5.10 Å². The van der Waals surface area contributed by atoms with Crippen LogP contribution in [0.5, 0.6) is 0 Å². The Morgan fingerprint density at radius 3 is 2.61 bits per heavy atom. The Kier molecular flexibility index (Phi) is 5.42. The van der Waals surface area contributed by atoms with Gasteiger partial charge < -0.3 is 10.2 Å². The van der Waals surface area contributed by atoms with E-state index in [-0.39, 0.29) is 18.5 Å². The molecule has 0 unspecified atom stereocenters. The van der Waals surface area contributed by atoms with Crippen LogP contribution in [0.1, 0.15) is 30.9 Å². The van der Waals surface area contributed by atoms with Crippen LogP contribution in [0.4, 0.5) is 0 Å². The first-order chi connectivity index (χ1) is 11.3. The summed E-state index contributed by atoms with van der Waals surface area (Å²) in [5, 5.41) is 7.27. The largest absolute Gasteiger partial charge is 0.346 e. The molecule has 1 aliphatic rings. The summed E-state index contributed by atoms with van der Waals surface area (Å²) in [5.74, 6) is -0.000405. The van der Waals surface area contributed by atoms with Crippen LogP contribution in [-0.2, 0) is 11.3 Å². The number of piperidine rings is 1. The Morgan fingerprint density at radius 2 is 1.91 bits per heavy atom. The summed E-state index contributed by atoms with van der Waals surface area (Å²) in [6.45, 7) is 3.38. The summed E-state index contributed by atoms with van der Waals surface area (Å²) in [4.78, 5) is 14.8. The number of benzene rings is 1. The number of nitrogens with one attached hydrogen (secondary N) is 1. The summed E-state index contributed by atoms with van der Waals surface area (Å²) in [6.07, 6.45) is 7.32. The number of likely N-dealkylation sites (tertiary alicyclic amines) is 1. The highest BCUT2D eigenvalue weighted by molar-refractivity contribution is 5.76. The minimum absolute atomic E-state index is 0.000405. The van der Waals surface area contributed by atoms with Crippen LogP contribution in [-0.4, -0.2) is 40.2 Å². The Bertz CT molecular complexity index is 591. The van der Waals surface area contributed by atoms with Gasteiger partial charge in [-0.3, -0.25) is 9.48 Å². The SMILES string of the molecule is O=C(Cn1cccn1)N[C@H](CN1CCCCC1)c1ccccc1. The molecule has 5 nitrogen and oxygen atoms in total. The van der Waals surface area contributed by atoms with Crippen molar-refractivity contribution in [2.45, 2.75) is 31.8 Å². The van der Waals surface area contributed by atoms with Crippen molar-refractivity contribution in [2.24, 2.45) is 0 Å². The second-order valence-electron chi connectivity index (χ2n) is 6.10. The van der Waals surface area contributed by atoms with Gasteiger partial charge in [0.25, 0.3) is 0 Å². The maximum atomic E-state index is 12.3. The van der Waals surface area contributed by atoms with Crippen molar-refractivity contribution in [2.75, 3.05) is 19.6 Å². The summed E-state index contributed by atoms with van der Waals surface area (Å²) in [7, 11) is 0. The molecule has 2 aromatic rings. The lowest BCUT2D eigenvalue weighted by molar-refractivity contribution is -0.122. The third-order valence-electron chi connectivity index (χ3n) is 4.29. The molecule has 2 heterocycles. The van der Waals surface area contributed by atoms with E-state index in [4.69, 9.17) is 0 Å². The van der Waals surface area contributed by atoms with Crippen LogP contribution in [0.15, 0.2) is 48.8 Å². The second-order valence-corrected chi connectivity index (χ2v) is 6.10. The average Bonchev–Trinajstić information content (AvgIpc) is 3.09. The van der Waals surface area contributed by atoms with Crippen LogP contribution in [0.3, 0.4) is 0 Å². The number of aromatic nitrogens is 2. The molecule has 1 aromatic heterocycles. The van der Waals surface area contributed by atoms with Gasteiger partial charge in [0.1, 0.15) is 6.54 Å². The lowest BCUT2D eigenvalue weighted by Crippen LogP contribution is -2.41. The molecule has 0 spiro atoms. The highest BCUT2D eigenvalue weighted by atomic mass is 16.2. The van der Waals surface area contributed by atoms with Crippen molar-refractivity contribution in [3.05, 3.63) is 54.4 Å². The van der Waals surface area contributed by atoms with E-state index >= 15 is 0 Å². The van der Waals surface area contributed by atoms with E-state index in [0.717, 1.165) is 25.2 Å². The first-order valence-corrected chi connectivity index (χ1v) is 8.35. The molecule has 0 saturated carbocycles. The van der Waals surface area contributed by atoms with Crippen molar-refractivity contribution in [3.63, 3.8) is 0 Å². The molecular formula is C18H24N4O. The van der Waals surface area contributed by atoms with Crippen molar-refractivity contribution in [1.29, 1.82) is 0 Å². The topological polar surface area (TPSA) is 50.2 Å². The maximum absolute atomic E-state index is 12.3. The van der Waals surface area contributed by atoms with Gasteiger partial charge in [0.05, 0.1) is 6.04 Å². The van der Waals surface area contributed by atoms with Crippen molar-refractivity contribution < 1.29 is 4.79 Å². The van der Waals surface area contributed by atoms with Gasteiger partial charge in [-0.25, -0.2) is 0 Å². The van der Waals surface area contributed by atoms with Crippen LogP contribution in [0.2, 0.25) is 0 Å². The summed E-state index contributed by atoms with van der Waals surface area (Å²) in [5.41, 5.74) is 1.16. The molecule has 1 N–H and O–H groups in total. The zero-order valence-corrected chi connectivity index (χ0v) is 13.4. The number of rotatable bonds is 6. The first-order valence-electron chi connectivity index (χ1n) is 8.35. The lowest BCUT2D eigenvalue weighted by Gasteiger charge is -2.31. The van der Waals surface area contributed by atoms with Crippen LogP contribution in [0, 0.1) is 0 Å². The number of carbonyl (C=O) groups excluding carboxylic acids is 1. The zero-order valence-electron chi connectivity index (χ0n) is 13.4. The molecule has 1 fully saturated rings. The molecule has 5 heteroatoms. The van der Waals surface area contributed by atoms with Gasteiger partial charge >= 0.3 is 0 Å². The predicted molar refractivity (Wildman–Crippen MR) is 89.8 cm³/mol. The molecule has 1 saturated heterocycles. The third-order valence-corrected chi connectivity index (χ3v) is 4.29. The number of carbonyl (C=O) groups is 1. The molecule has 3 rings (SSSR count). The van der Waals surface area contributed by atoms with Gasteiger partial charge in [-0.05, 0) is 37.6 Å². The molecule has 0 bridgehead atoms. The molecule has 1 aromatic carbocycles. The van der Waals surface area contributed by atoms with Crippen LogP contribution >= 0.6 is 0 Å².